The molecule has 3 amide bonds. The first-order valence-electron chi connectivity index (χ1n) is 12.5. The summed E-state index contributed by atoms with van der Waals surface area (Å²) in [6.07, 6.45) is 1.36. The minimum Gasteiger partial charge on any atom is -0.496 e. The van der Waals surface area contributed by atoms with Crippen molar-refractivity contribution in [1.82, 2.24) is 25.0 Å². The molecule has 0 bridgehead atoms. The second-order valence-electron chi connectivity index (χ2n) is 8.67. The number of nitrogens with one attached hydrogen (secondary N) is 1. The van der Waals surface area contributed by atoms with Crippen LogP contribution in [0.15, 0.2) is 88.9 Å². The van der Waals surface area contributed by atoms with Gasteiger partial charge in [-0.1, -0.05) is 60.3 Å². The summed E-state index contributed by atoms with van der Waals surface area (Å²) in [5.74, 6) is -0.0626. The molecule has 0 spiro atoms. The van der Waals surface area contributed by atoms with Crippen molar-refractivity contribution in [3.63, 3.8) is 0 Å². The van der Waals surface area contributed by atoms with Crippen LogP contribution in [0.4, 0.5) is 9.18 Å². The number of imide groups is 1. The fourth-order valence-electron chi connectivity index (χ4n) is 4.09. The fraction of sp³-hybridized carbons (Fsp3) is 0.138. The Bertz CT molecular complexity index is 1630. The zero-order valence-corrected chi connectivity index (χ0v) is 23.5. The van der Waals surface area contributed by atoms with Crippen molar-refractivity contribution >= 4 is 46.7 Å². The summed E-state index contributed by atoms with van der Waals surface area (Å²) in [6.45, 7) is 0.0656. The second kappa shape index (κ2) is 12.8. The second-order valence-corrected chi connectivity index (χ2v) is 10.6. The molecule has 1 aliphatic heterocycles. The van der Waals surface area contributed by atoms with Crippen LogP contribution in [0.3, 0.4) is 0 Å². The van der Waals surface area contributed by atoms with Crippen LogP contribution < -0.4 is 10.1 Å². The van der Waals surface area contributed by atoms with Crippen LogP contribution in [0, 0.1) is 5.82 Å². The molecule has 5 rings (SSSR count). The summed E-state index contributed by atoms with van der Waals surface area (Å²) in [5, 5.41) is 11.5. The number of amides is 3. The van der Waals surface area contributed by atoms with Crippen LogP contribution in [0.5, 0.6) is 5.75 Å². The lowest BCUT2D eigenvalue weighted by Gasteiger charge is -2.13. The predicted molar refractivity (Wildman–Crippen MR) is 156 cm³/mol. The van der Waals surface area contributed by atoms with Gasteiger partial charge in [-0.2, -0.15) is 0 Å². The highest BCUT2D eigenvalue weighted by atomic mass is 32.2. The number of rotatable bonds is 10. The van der Waals surface area contributed by atoms with Crippen LogP contribution in [-0.2, 0) is 9.59 Å². The van der Waals surface area contributed by atoms with Crippen molar-refractivity contribution in [2.75, 3.05) is 26.0 Å². The Hall–Kier alpha value is -4.42. The Morgan fingerprint density at radius 1 is 1.02 bits per heavy atom. The smallest absolute Gasteiger partial charge is 0.293 e. The molecule has 2 heterocycles. The van der Waals surface area contributed by atoms with E-state index in [2.05, 4.69) is 15.5 Å². The summed E-state index contributed by atoms with van der Waals surface area (Å²) in [5.41, 5.74) is 1.80. The summed E-state index contributed by atoms with van der Waals surface area (Å²) in [6, 6.07) is 23.0. The van der Waals surface area contributed by atoms with Gasteiger partial charge in [-0.25, -0.2) is 4.39 Å². The van der Waals surface area contributed by atoms with Gasteiger partial charge in [0.1, 0.15) is 11.6 Å². The van der Waals surface area contributed by atoms with E-state index in [9.17, 15) is 18.8 Å². The molecule has 1 aliphatic rings. The molecule has 9 nitrogen and oxygen atoms in total. The average molecular weight is 590 g/mol. The van der Waals surface area contributed by atoms with E-state index in [4.69, 9.17) is 4.74 Å². The Labute approximate surface area is 243 Å². The molecule has 0 radical (unpaired) electrons. The van der Waals surface area contributed by atoms with Crippen LogP contribution in [0.2, 0.25) is 0 Å². The lowest BCUT2D eigenvalue weighted by atomic mass is 10.2. The Morgan fingerprint density at radius 2 is 1.76 bits per heavy atom. The number of ether oxygens (including phenoxy) is 1. The first kappa shape index (κ1) is 28.1. The van der Waals surface area contributed by atoms with Gasteiger partial charge < -0.3 is 10.1 Å². The Morgan fingerprint density at radius 3 is 2.54 bits per heavy atom. The van der Waals surface area contributed by atoms with E-state index in [-0.39, 0.29) is 35.2 Å². The molecule has 0 unspecified atom stereocenters. The summed E-state index contributed by atoms with van der Waals surface area (Å²) in [7, 11) is 1.59. The fourth-order valence-corrected chi connectivity index (χ4v) is 5.73. The molecule has 41 heavy (non-hydrogen) atoms. The van der Waals surface area contributed by atoms with Crippen molar-refractivity contribution in [3.8, 4) is 22.8 Å². The van der Waals surface area contributed by atoms with Gasteiger partial charge in [0.15, 0.2) is 11.0 Å². The van der Waals surface area contributed by atoms with E-state index in [1.54, 1.807) is 19.2 Å². The molecule has 12 heteroatoms. The van der Waals surface area contributed by atoms with E-state index in [1.807, 2.05) is 59.2 Å². The normalized spacial score (nSPS) is 14.1. The van der Waals surface area contributed by atoms with Gasteiger partial charge in [0.2, 0.25) is 5.91 Å². The minimum absolute atomic E-state index is 0.00612. The van der Waals surface area contributed by atoms with Crippen LogP contribution in [0.1, 0.15) is 5.56 Å². The summed E-state index contributed by atoms with van der Waals surface area (Å²) >= 11 is 1.95. The predicted octanol–water partition coefficient (Wildman–Crippen LogP) is 5.03. The van der Waals surface area contributed by atoms with Crippen molar-refractivity contribution in [2.45, 2.75) is 5.16 Å². The van der Waals surface area contributed by atoms with Gasteiger partial charge in [-0.15, -0.1) is 10.2 Å². The van der Waals surface area contributed by atoms with E-state index in [0.717, 1.165) is 27.9 Å². The molecule has 1 aromatic heterocycles. The van der Waals surface area contributed by atoms with Crippen LogP contribution in [0.25, 0.3) is 23.2 Å². The maximum Gasteiger partial charge on any atom is 0.293 e. The maximum atomic E-state index is 14.0. The highest BCUT2D eigenvalue weighted by Gasteiger charge is 2.34. The lowest BCUT2D eigenvalue weighted by Crippen LogP contribution is -2.37. The maximum absolute atomic E-state index is 14.0. The van der Waals surface area contributed by atoms with Crippen molar-refractivity contribution in [1.29, 1.82) is 0 Å². The highest BCUT2D eigenvalue weighted by Crippen LogP contribution is 2.34. The number of para-hydroxylation sites is 2. The molecular weight excluding hydrogens is 565 g/mol. The van der Waals surface area contributed by atoms with Gasteiger partial charge in [0.05, 0.1) is 23.3 Å². The van der Waals surface area contributed by atoms with E-state index >= 15 is 0 Å². The zero-order chi connectivity index (χ0) is 28.8. The third kappa shape index (κ3) is 6.34. The number of halogens is 1. The van der Waals surface area contributed by atoms with Gasteiger partial charge in [-0.05, 0) is 48.2 Å². The van der Waals surface area contributed by atoms with Crippen LogP contribution in [-0.4, -0.2) is 62.7 Å². The summed E-state index contributed by atoms with van der Waals surface area (Å²) in [4.78, 5) is 38.9. The monoisotopic (exact) mass is 589 g/mol. The zero-order valence-electron chi connectivity index (χ0n) is 21.8. The number of nitrogens with zero attached hydrogens (tertiary/aromatic N) is 4. The number of thioether (sulfide) groups is 2. The lowest BCUT2D eigenvalue weighted by molar-refractivity contribution is -0.123. The number of hydrogen-bond acceptors (Lipinski definition) is 8. The first-order chi connectivity index (χ1) is 20.0. The molecule has 1 N–H and O–H groups in total. The standard InChI is InChI=1S/C29H24FN5O4S2/c1-39-23-14-8-6-12-21(23)26-32-33-28(35(26)20-10-3-2-4-11-20)40-18-25(36)31-15-16-34-27(37)24(41-29(34)38)17-19-9-5-7-13-22(19)30/h2-14,17H,15-16,18H2,1H3,(H,31,36). The van der Waals surface area contributed by atoms with Crippen LogP contribution >= 0.6 is 23.5 Å². The molecular formula is C29H24FN5O4S2. The van der Waals surface area contributed by atoms with Crippen molar-refractivity contribution in [3.05, 3.63) is 95.1 Å². The largest absolute Gasteiger partial charge is 0.496 e. The Balaban J connectivity index is 1.22. The van der Waals surface area contributed by atoms with Gasteiger partial charge in [0, 0.05) is 24.3 Å². The topological polar surface area (TPSA) is 106 Å². The van der Waals surface area contributed by atoms with E-state index < -0.39 is 17.0 Å². The number of carbonyl (C=O) groups is 3. The third-order valence-electron chi connectivity index (χ3n) is 6.05. The van der Waals surface area contributed by atoms with E-state index in [1.165, 1.54) is 30.0 Å². The van der Waals surface area contributed by atoms with Gasteiger partial charge in [0.25, 0.3) is 11.1 Å². The van der Waals surface area contributed by atoms with Crippen molar-refractivity contribution in [2.24, 2.45) is 0 Å². The summed E-state index contributed by atoms with van der Waals surface area (Å²) < 4.78 is 21.3. The van der Waals surface area contributed by atoms with Gasteiger partial charge >= 0.3 is 0 Å². The van der Waals surface area contributed by atoms with Crippen molar-refractivity contribution < 1.29 is 23.5 Å². The SMILES string of the molecule is COc1ccccc1-c1nnc(SCC(=O)NCCN2C(=O)SC(=Cc3ccccc3F)C2=O)n1-c1ccccc1. The Kier molecular flexibility index (Phi) is 8.80. The molecule has 3 aromatic carbocycles. The van der Waals surface area contributed by atoms with E-state index in [0.29, 0.717) is 16.7 Å². The average Bonchev–Trinajstić information content (AvgIpc) is 3.53. The molecule has 208 valence electrons. The number of carbonyl (C=O) groups excluding carboxylic acids is 3. The number of hydrogen-bond donors (Lipinski definition) is 1. The molecule has 1 saturated heterocycles. The van der Waals surface area contributed by atoms with Gasteiger partial charge in [-0.3, -0.25) is 23.9 Å². The highest BCUT2D eigenvalue weighted by molar-refractivity contribution is 8.18. The number of aromatic nitrogens is 3. The molecule has 0 aliphatic carbocycles. The molecule has 4 aromatic rings. The molecule has 0 saturated carbocycles. The number of benzene rings is 3. The first-order valence-corrected chi connectivity index (χ1v) is 14.3. The third-order valence-corrected chi connectivity index (χ3v) is 7.89. The molecule has 1 fully saturated rings. The minimum atomic E-state index is -0.522. The number of methoxy groups -OCH3 is 1. The quantitative estimate of drug-likeness (QED) is 0.203. The molecule has 0 atom stereocenters.